The number of benzene rings is 1. The lowest BCUT2D eigenvalue weighted by atomic mass is 10.0. The van der Waals surface area contributed by atoms with Gasteiger partial charge in [-0.2, -0.15) is 0 Å². The van der Waals surface area contributed by atoms with Crippen molar-refractivity contribution in [3.8, 4) is 0 Å². The summed E-state index contributed by atoms with van der Waals surface area (Å²) in [6, 6.07) is 13.2. The van der Waals surface area contributed by atoms with Gasteiger partial charge in [-0.3, -0.25) is 9.69 Å². The Balaban J connectivity index is 1.49. The van der Waals surface area contributed by atoms with E-state index in [9.17, 15) is 4.79 Å². The molecule has 2 fully saturated rings. The van der Waals surface area contributed by atoms with Crippen LogP contribution in [-0.2, 0) is 6.54 Å². The summed E-state index contributed by atoms with van der Waals surface area (Å²) in [5.74, 6) is 0.123. The van der Waals surface area contributed by atoms with E-state index in [0.717, 1.165) is 32.5 Å². The number of likely N-dealkylation sites (tertiary alicyclic amines) is 2. The van der Waals surface area contributed by atoms with Crippen LogP contribution < -0.4 is 0 Å². The Labute approximate surface area is 143 Å². The lowest BCUT2D eigenvalue weighted by molar-refractivity contribution is 0.0638. The van der Waals surface area contributed by atoms with E-state index < -0.39 is 0 Å². The third-order valence-corrected chi connectivity index (χ3v) is 5.42. The fourth-order valence-corrected chi connectivity index (χ4v) is 4.30. The largest absolute Gasteiger partial charge is 0.472 e. The number of carbonyl (C=O) groups is 1. The second kappa shape index (κ2) is 6.81. The number of carbonyl (C=O) groups excluding carboxylic acids is 1. The number of rotatable bonds is 4. The van der Waals surface area contributed by atoms with Crippen LogP contribution >= 0.6 is 0 Å². The highest BCUT2D eigenvalue weighted by Crippen LogP contribution is 2.32. The molecule has 0 spiro atoms. The first-order chi connectivity index (χ1) is 11.8. The van der Waals surface area contributed by atoms with E-state index in [2.05, 4.69) is 40.1 Å². The van der Waals surface area contributed by atoms with Crippen LogP contribution in [0.25, 0.3) is 0 Å². The summed E-state index contributed by atoms with van der Waals surface area (Å²) in [7, 11) is 0. The minimum Gasteiger partial charge on any atom is -0.472 e. The lowest BCUT2D eigenvalue weighted by Gasteiger charge is -2.35. The highest BCUT2D eigenvalue weighted by Gasteiger charge is 2.39. The molecule has 0 saturated carbocycles. The van der Waals surface area contributed by atoms with Crippen molar-refractivity contribution in [3.63, 3.8) is 0 Å². The zero-order chi connectivity index (χ0) is 16.4. The van der Waals surface area contributed by atoms with Gasteiger partial charge in [0.15, 0.2) is 0 Å². The Morgan fingerprint density at radius 2 is 1.83 bits per heavy atom. The van der Waals surface area contributed by atoms with E-state index in [1.54, 1.807) is 18.6 Å². The molecular formula is C20H24N2O2. The van der Waals surface area contributed by atoms with Gasteiger partial charge in [0.1, 0.15) is 6.26 Å². The molecule has 2 saturated heterocycles. The topological polar surface area (TPSA) is 36.7 Å². The molecule has 1 amide bonds. The zero-order valence-corrected chi connectivity index (χ0v) is 13.9. The third kappa shape index (κ3) is 2.98. The first kappa shape index (κ1) is 15.5. The Bertz CT molecular complexity index is 668. The molecule has 2 aromatic rings. The normalized spacial score (nSPS) is 24.6. The van der Waals surface area contributed by atoms with Crippen LogP contribution in [0.3, 0.4) is 0 Å². The summed E-state index contributed by atoms with van der Waals surface area (Å²) in [5, 5.41) is 0. The van der Waals surface area contributed by atoms with Crippen molar-refractivity contribution in [1.82, 2.24) is 9.80 Å². The van der Waals surface area contributed by atoms with Crippen LogP contribution in [0.4, 0.5) is 0 Å². The maximum Gasteiger partial charge on any atom is 0.257 e. The van der Waals surface area contributed by atoms with Crippen molar-refractivity contribution >= 4 is 5.91 Å². The molecule has 1 aromatic carbocycles. The van der Waals surface area contributed by atoms with Crippen LogP contribution in [0, 0.1) is 0 Å². The number of furan rings is 1. The van der Waals surface area contributed by atoms with E-state index in [-0.39, 0.29) is 5.91 Å². The fraction of sp³-hybridized carbons (Fsp3) is 0.450. The van der Waals surface area contributed by atoms with Crippen LogP contribution in [0.5, 0.6) is 0 Å². The van der Waals surface area contributed by atoms with Crippen LogP contribution in [0.2, 0.25) is 0 Å². The van der Waals surface area contributed by atoms with Crippen LogP contribution in [-0.4, -0.2) is 40.9 Å². The van der Waals surface area contributed by atoms with Gasteiger partial charge in [0.25, 0.3) is 5.91 Å². The van der Waals surface area contributed by atoms with Crippen molar-refractivity contribution in [3.05, 3.63) is 60.1 Å². The van der Waals surface area contributed by atoms with Gasteiger partial charge in [0.2, 0.25) is 0 Å². The molecule has 126 valence electrons. The predicted octanol–water partition coefficient (Wildman–Crippen LogP) is 3.55. The quantitative estimate of drug-likeness (QED) is 0.863. The van der Waals surface area contributed by atoms with Gasteiger partial charge in [-0.05, 0) is 43.9 Å². The van der Waals surface area contributed by atoms with Crippen LogP contribution in [0.15, 0.2) is 53.3 Å². The minimum atomic E-state index is 0.123. The van der Waals surface area contributed by atoms with E-state index >= 15 is 0 Å². The van der Waals surface area contributed by atoms with Crippen LogP contribution in [0.1, 0.15) is 41.6 Å². The number of hydrogen-bond donors (Lipinski definition) is 0. The van der Waals surface area contributed by atoms with E-state index in [1.165, 1.54) is 18.4 Å². The van der Waals surface area contributed by atoms with Crippen molar-refractivity contribution in [2.75, 3.05) is 13.1 Å². The maximum absolute atomic E-state index is 12.8. The Hall–Kier alpha value is -2.07. The Morgan fingerprint density at radius 3 is 2.62 bits per heavy atom. The molecule has 4 heteroatoms. The third-order valence-electron chi connectivity index (χ3n) is 5.42. The van der Waals surface area contributed by atoms with Crippen molar-refractivity contribution < 1.29 is 9.21 Å². The lowest BCUT2D eigenvalue weighted by Crippen LogP contribution is -2.48. The van der Waals surface area contributed by atoms with Gasteiger partial charge in [-0.25, -0.2) is 0 Å². The molecule has 2 aliphatic rings. The zero-order valence-electron chi connectivity index (χ0n) is 13.9. The van der Waals surface area contributed by atoms with E-state index in [1.807, 2.05) is 0 Å². The Kier molecular flexibility index (Phi) is 4.39. The standard InChI is InChI=1S/C20H24N2O2/c23-20(17-10-13-24-15-17)22-12-5-9-19(22)18-8-4-11-21(18)14-16-6-2-1-3-7-16/h1-3,6-7,10,13,15,18-19H,4-5,8-9,11-12,14H2/t18-,19-/m1/s1. The second-order valence-corrected chi connectivity index (χ2v) is 6.89. The SMILES string of the molecule is O=C(c1ccoc1)N1CCC[C@@H]1[C@H]1CCCN1Cc1ccccc1. The molecule has 0 unspecified atom stereocenters. The minimum absolute atomic E-state index is 0.123. The summed E-state index contributed by atoms with van der Waals surface area (Å²) in [4.78, 5) is 17.4. The molecule has 0 aliphatic carbocycles. The van der Waals surface area contributed by atoms with Gasteiger partial charge in [0, 0.05) is 25.2 Å². The van der Waals surface area contributed by atoms with Gasteiger partial charge in [-0.1, -0.05) is 30.3 Å². The maximum atomic E-state index is 12.8. The highest BCUT2D eigenvalue weighted by molar-refractivity contribution is 5.94. The summed E-state index contributed by atoms with van der Waals surface area (Å²) in [6.07, 6.45) is 7.77. The van der Waals surface area contributed by atoms with Crippen molar-refractivity contribution in [2.45, 2.75) is 44.3 Å². The summed E-state index contributed by atoms with van der Waals surface area (Å²) in [6.45, 7) is 2.98. The number of nitrogens with zero attached hydrogens (tertiary/aromatic N) is 2. The molecule has 0 N–H and O–H groups in total. The predicted molar refractivity (Wildman–Crippen MR) is 92.6 cm³/mol. The molecule has 24 heavy (non-hydrogen) atoms. The average Bonchev–Trinajstić information content (AvgIpc) is 3.36. The molecular weight excluding hydrogens is 300 g/mol. The van der Waals surface area contributed by atoms with Gasteiger partial charge in [-0.15, -0.1) is 0 Å². The van der Waals surface area contributed by atoms with Gasteiger partial charge < -0.3 is 9.32 Å². The molecule has 1 aromatic heterocycles. The number of amides is 1. The second-order valence-electron chi connectivity index (χ2n) is 6.89. The molecule has 2 atom stereocenters. The molecule has 0 bridgehead atoms. The van der Waals surface area contributed by atoms with Gasteiger partial charge >= 0.3 is 0 Å². The van der Waals surface area contributed by atoms with E-state index in [0.29, 0.717) is 17.6 Å². The molecule has 2 aliphatic heterocycles. The highest BCUT2D eigenvalue weighted by atomic mass is 16.3. The van der Waals surface area contributed by atoms with Crippen molar-refractivity contribution in [2.24, 2.45) is 0 Å². The first-order valence-corrected chi connectivity index (χ1v) is 8.94. The summed E-state index contributed by atoms with van der Waals surface area (Å²) in [5.41, 5.74) is 2.03. The van der Waals surface area contributed by atoms with E-state index in [4.69, 9.17) is 4.42 Å². The average molecular weight is 324 g/mol. The summed E-state index contributed by atoms with van der Waals surface area (Å²) < 4.78 is 5.10. The van der Waals surface area contributed by atoms with Crippen molar-refractivity contribution in [1.29, 1.82) is 0 Å². The molecule has 4 nitrogen and oxygen atoms in total. The molecule has 0 radical (unpaired) electrons. The number of hydrogen-bond acceptors (Lipinski definition) is 3. The smallest absolute Gasteiger partial charge is 0.257 e. The molecule has 4 rings (SSSR count). The first-order valence-electron chi connectivity index (χ1n) is 8.94. The molecule has 3 heterocycles. The Morgan fingerprint density at radius 1 is 1.04 bits per heavy atom. The summed E-state index contributed by atoms with van der Waals surface area (Å²) >= 11 is 0. The monoisotopic (exact) mass is 324 g/mol. The fourth-order valence-electron chi connectivity index (χ4n) is 4.30. The van der Waals surface area contributed by atoms with Gasteiger partial charge in [0.05, 0.1) is 11.8 Å².